The quantitative estimate of drug-likeness (QED) is 0.701. The predicted molar refractivity (Wildman–Crippen MR) is 99.4 cm³/mol. The maximum atomic E-state index is 12.2. The topological polar surface area (TPSA) is 113 Å². The Bertz CT molecular complexity index is 936. The smallest absolute Gasteiger partial charge is 0.251 e. The summed E-state index contributed by atoms with van der Waals surface area (Å²) in [5.41, 5.74) is 1.00. The van der Waals surface area contributed by atoms with Crippen LogP contribution in [0.25, 0.3) is 0 Å². The van der Waals surface area contributed by atoms with Crippen molar-refractivity contribution in [2.75, 3.05) is 20.6 Å². The standard InChI is InChI=1S/C17H23N5O4S/c1-12(14-9-19-22(4)11-14)20-16(23)10-18-17(24)13-6-5-7-15(8-13)27(25,26)21(2)3/h5-9,11-12H,10H2,1-4H3,(H,18,24)(H,20,23)/t12-/m0/s1. The second kappa shape index (κ2) is 8.31. The third-order valence-corrected chi connectivity index (χ3v) is 5.70. The molecule has 27 heavy (non-hydrogen) atoms. The van der Waals surface area contributed by atoms with Gasteiger partial charge in [0, 0.05) is 38.5 Å². The molecule has 146 valence electrons. The lowest BCUT2D eigenvalue weighted by Crippen LogP contribution is -2.38. The number of hydrogen-bond donors (Lipinski definition) is 2. The number of hydrogen-bond acceptors (Lipinski definition) is 5. The fraction of sp³-hybridized carbons (Fsp3) is 0.353. The Balaban J connectivity index is 1.96. The van der Waals surface area contributed by atoms with Crippen LogP contribution in [0.1, 0.15) is 28.9 Å². The van der Waals surface area contributed by atoms with Gasteiger partial charge in [0.25, 0.3) is 5.91 Å². The number of nitrogens with one attached hydrogen (secondary N) is 2. The van der Waals surface area contributed by atoms with Gasteiger partial charge in [-0.05, 0) is 25.1 Å². The molecule has 0 fully saturated rings. The molecule has 2 amide bonds. The summed E-state index contributed by atoms with van der Waals surface area (Å²) in [6.45, 7) is 1.58. The van der Waals surface area contributed by atoms with E-state index in [9.17, 15) is 18.0 Å². The molecule has 1 aromatic heterocycles. The minimum absolute atomic E-state index is 0.00908. The minimum Gasteiger partial charge on any atom is -0.348 e. The number of aromatic nitrogens is 2. The van der Waals surface area contributed by atoms with E-state index >= 15 is 0 Å². The fourth-order valence-electron chi connectivity index (χ4n) is 2.31. The van der Waals surface area contributed by atoms with Gasteiger partial charge in [0.05, 0.1) is 23.7 Å². The second-order valence-corrected chi connectivity index (χ2v) is 8.39. The summed E-state index contributed by atoms with van der Waals surface area (Å²) >= 11 is 0. The number of nitrogens with zero attached hydrogens (tertiary/aromatic N) is 3. The van der Waals surface area contributed by atoms with Gasteiger partial charge in [0.1, 0.15) is 0 Å². The fourth-order valence-corrected chi connectivity index (χ4v) is 3.26. The van der Waals surface area contributed by atoms with E-state index < -0.39 is 15.9 Å². The molecule has 0 bridgehead atoms. The Morgan fingerprint density at radius 3 is 2.59 bits per heavy atom. The highest BCUT2D eigenvalue weighted by molar-refractivity contribution is 7.89. The first kappa shape index (κ1) is 20.6. The molecular formula is C17H23N5O4S. The summed E-state index contributed by atoms with van der Waals surface area (Å²) < 4.78 is 27.0. The van der Waals surface area contributed by atoms with E-state index in [-0.39, 0.29) is 29.0 Å². The summed E-state index contributed by atoms with van der Waals surface area (Å²) in [5, 5.41) is 9.29. The van der Waals surface area contributed by atoms with E-state index in [0.717, 1.165) is 9.87 Å². The zero-order chi connectivity index (χ0) is 20.2. The first-order valence-corrected chi connectivity index (χ1v) is 9.64. The summed E-state index contributed by atoms with van der Waals surface area (Å²) in [5.74, 6) is -0.897. The largest absolute Gasteiger partial charge is 0.348 e. The van der Waals surface area contributed by atoms with Crippen LogP contribution in [-0.4, -0.2) is 55.0 Å². The van der Waals surface area contributed by atoms with Gasteiger partial charge in [-0.25, -0.2) is 12.7 Å². The molecule has 0 spiro atoms. The van der Waals surface area contributed by atoms with E-state index in [1.807, 2.05) is 6.92 Å². The third kappa shape index (κ3) is 5.14. The van der Waals surface area contributed by atoms with E-state index in [2.05, 4.69) is 15.7 Å². The van der Waals surface area contributed by atoms with Crippen molar-refractivity contribution in [1.29, 1.82) is 0 Å². The summed E-state index contributed by atoms with van der Waals surface area (Å²) in [7, 11) is 0.963. The van der Waals surface area contributed by atoms with Gasteiger partial charge in [-0.3, -0.25) is 14.3 Å². The van der Waals surface area contributed by atoms with Gasteiger partial charge >= 0.3 is 0 Å². The van der Waals surface area contributed by atoms with Gasteiger partial charge in [0.2, 0.25) is 15.9 Å². The number of aryl methyl sites for hydroxylation is 1. The zero-order valence-corrected chi connectivity index (χ0v) is 16.4. The first-order valence-electron chi connectivity index (χ1n) is 8.20. The monoisotopic (exact) mass is 393 g/mol. The molecule has 0 aliphatic rings. The highest BCUT2D eigenvalue weighted by Gasteiger charge is 2.19. The maximum Gasteiger partial charge on any atom is 0.251 e. The lowest BCUT2D eigenvalue weighted by molar-refractivity contribution is -0.120. The Morgan fingerprint density at radius 1 is 1.30 bits per heavy atom. The maximum absolute atomic E-state index is 12.2. The van der Waals surface area contributed by atoms with Crippen LogP contribution >= 0.6 is 0 Å². The average molecular weight is 393 g/mol. The van der Waals surface area contributed by atoms with Crippen LogP contribution in [0.2, 0.25) is 0 Å². The molecular weight excluding hydrogens is 370 g/mol. The Kier molecular flexibility index (Phi) is 6.34. The number of rotatable bonds is 7. The summed E-state index contributed by atoms with van der Waals surface area (Å²) in [6.07, 6.45) is 3.44. The molecule has 2 aromatic rings. The number of sulfonamides is 1. The highest BCUT2D eigenvalue weighted by atomic mass is 32.2. The molecule has 9 nitrogen and oxygen atoms in total. The van der Waals surface area contributed by atoms with Crippen LogP contribution in [0, 0.1) is 0 Å². The van der Waals surface area contributed by atoms with Crippen LogP contribution in [0.3, 0.4) is 0 Å². The molecule has 0 aliphatic carbocycles. The Morgan fingerprint density at radius 2 is 2.00 bits per heavy atom. The average Bonchev–Trinajstić information content (AvgIpc) is 3.06. The zero-order valence-electron chi connectivity index (χ0n) is 15.6. The van der Waals surface area contributed by atoms with E-state index in [0.29, 0.717) is 0 Å². The van der Waals surface area contributed by atoms with Gasteiger partial charge in [-0.1, -0.05) is 6.07 Å². The molecule has 0 aliphatic heterocycles. The van der Waals surface area contributed by atoms with E-state index in [4.69, 9.17) is 0 Å². The summed E-state index contributed by atoms with van der Waals surface area (Å²) in [6, 6.07) is 5.40. The van der Waals surface area contributed by atoms with Crippen LogP contribution in [0.15, 0.2) is 41.6 Å². The molecule has 2 N–H and O–H groups in total. The van der Waals surface area contributed by atoms with Crippen molar-refractivity contribution in [3.8, 4) is 0 Å². The van der Waals surface area contributed by atoms with Gasteiger partial charge < -0.3 is 10.6 Å². The molecule has 0 unspecified atom stereocenters. The second-order valence-electron chi connectivity index (χ2n) is 6.23. The molecule has 0 saturated carbocycles. The highest BCUT2D eigenvalue weighted by Crippen LogP contribution is 2.15. The van der Waals surface area contributed by atoms with Crippen LogP contribution in [-0.2, 0) is 21.9 Å². The van der Waals surface area contributed by atoms with E-state index in [1.165, 1.54) is 38.4 Å². The Labute approximate surface area is 158 Å². The molecule has 1 heterocycles. The van der Waals surface area contributed by atoms with Crippen LogP contribution in [0.4, 0.5) is 0 Å². The third-order valence-electron chi connectivity index (χ3n) is 3.89. The number of carbonyl (C=O) groups is 2. The predicted octanol–water partition coefficient (Wildman–Crippen LogP) is 0.278. The molecule has 1 aromatic carbocycles. The molecule has 0 saturated heterocycles. The Hall–Kier alpha value is -2.72. The first-order chi connectivity index (χ1) is 12.6. The van der Waals surface area contributed by atoms with Crippen molar-refractivity contribution in [3.63, 3.8) is 0 Å². The van der Waals surface area contributed by atoms with Crippen molar-refractivity contribution in [1.82, 2.24) is 24.7 Å². The van der Waals surface area contributed by atoms with Crippen molar-refractivity contribution >= 4 is 21.8 Å². The van der Waals surface area contributed by atoms with Gasteiger partial charge in [0.15, 0.2) is 0 Å². The van der Waals surface area contributed by atoms with E-state index in [1.54, 1.807) is 24.1 Å². The van der Waals surface area contributed by atoms with Crippen LogP contribution in [0.5, 0.6) is 0 Å². The van der Waals surface area contributed by atoms with Crippen molar-refractivity contribution in [3.05, 3.63) is 47.8 Å². The number of carbonyl (C=O) groups excluding carboxylic acids is 2. The lowest BCUT2D eigenvalue weighted by Gasteiger charge is -2.13. The van der Waals surface area contributed by atoms with Gasteiger partial charge in [-0.2, -0.15) is 5.10 Å². The molecule has 2 rings (SSSR count). The van der Waals surface area contributed by atoms with Gasteiger partial charge in [-0.15, -0.1) is 0 Å². The minimum atomic E-state index is -3.64. The normalized spacial score (nSPS) is 12.6. The molecule has 10 heteroatoms. The van der Waals surface area contributed by atoms with Crippen molar-refractivity contribution in [2.24, 2.45) is 7.05 Å². The summed E-state index contributed by atoms with van der Waals surface area (Å²) in [4.78, 5) is 24.3. The van der Waals surface area contributed by atoms with Crippen LogP contribution < -0.4 is 10.6 Å². The van der Waals surface area contributed by atoms with Crippen molar-refractivity contribution < 1.29 is 18.0 Å². The van der Waals surface area contributed by atoms with Crippen molar-refractivity contribution in [2.45, 2.75) is 17.9 Å². The number of amides is 2. The molecule has 1 atom stereocenters. The lowest BCUT2D eigenvalue weighted by atomic mass is 10.2. The number of benzene rings is 1. The SMILES string of the molecule is C[C@H](NC(=O)CNC(=O)c1cccc(S(=O)(=O)N(C)C)c1)c1cnn(C)c1. The molecule has 0 radical (unpaired) electrons.